The molecule has 6 nitrogen and oxygen atoms in total. The van der Waals surface area contributed by atoms with E-state index in [-0.39, 0.29) is 30.9 Å². The Morgan fingerprint density at radius 3 is 2.43 bits per heavy atom. The van der Waals surface area contributed by atoms with E-state index in [9.17, 15) is 14.4 Å². The van der Waals surface area contributed by atoms with E-state index in [1.807, 2.05) is 6.92 Å². The second kappa shape index (κ2) is 7.76. The molecule has 0 saturated heterocycles. The van der Waals surface area contributed by atoms with E-state index in [0.717, 1.165) is 18.4 Å². The van der Waals surface area contributed by atoms with Crippen molar-refractivity contribution in [3.05, 3.63) is 29.8 Å². The van der Waals surface area contributed by atoms with E-state index in [1.165, 1.54) is 6.92 Å². The number of ether oxygens (including phenoxy) is 1. The molecule has 23 heavy (non-hydrogen) atoms. The molecule has 1 aromatic carbocycles. The van der Waals surface area contributed by atoms with Gasteiger partial charge in [0.1, 0.15) is 0 Å². The van der Waals surface area contributed by atoms with Crippen LogP contribution in [0, 0.1) is 5.92 Å². The second-order valence-electron chi connectivity index (χ2n) is 5.91. The van der Waals surface area contributed by atoms with Crippen LogP contribution >= 0.6 is 0 Å². The van der Waals surface area contributed by atoms with Gasteiger partial charge in [0, 0.05) is 18.7 Å². The Labute approximate surface area is 135 Å². The Balaban J connectivity index is 1.71. The molecule has 2 rings (SSSR count). The minimum atomic E-state index is -0.452. The average Bonchev–Trinajstić information content (AvgIpc) is 3.31. The van der Waals surface area contributed by atoms with Gasteiger partial charge in [0.15, 0.2) is 6.61 Å². The molecule has 0 heterocycles. The van der Waals surface area contributed by atoms with Crippen LogP contribution in [0.25, 0.3) is 0 Å². The lowest BCUT2D eigenvalue weighted by atomic mass is 10.1. The zero-order chi connectivity index (χ0) is 16.8. The first kappa shape index (κ1) is 17.0. The van der Waals surface area contributed by atoms with E-state index >= 15 is 0 Å². The SMILES string of the molecule is CC(=O)Nc1ccc(CC(=O)OCC(=O)N[C@@H](C)C2CC2)cc1. The van der Waals surface area contributed by atoms with Crippen LogP contribution in [-0.4, -0.2) is 30.4 Å². The predicted molar refractivity (Wildman–Crippen MR) is 85.7 cm³/mol. The van der Waals surface area contributed by atoms with Crippen molar-refractivity contribution in [2.75, 3.05) is 11.9 Å². The van der Waals surface area contributed by atoms with Crippen molar-refractivity contribution in [1.82, 2.24) is 5.32 Å². The lowest BCUT2D eigenvalue weighted by Gasteiger charge is -2.12. The number of carbonyl (C=O) groups is 3. The molecule has 1 aliphatic carbocycles. The summed E-state index contributed by atoms with van der Waals surface area (Å²) >= 11 is 0. The van der Waals surface area contributed by atoms with Gasteiger partial charge in [0.05, 0.1) is 6.42 Å². The summed E-state index contributed by atoms with van der Waals surface area (Å²) in [6.07, 6.45) is 2.39. The monoisotopic (exact) mass is 318 g/mol. The Bertz CT molecular complexity index is 579. The first-order valence-corrected chi connectivity index (χ1v) is 7.75. The Hall–Kier alpha value is -2.37. The molecule has 1 saturated carbocycles. The highest BCUT2D eigenvalue weighted by Crippen LogP contribution is 2.32. The Morgan fingerprint density at radius 1 is 1.22 bits per heavy atom. The van der Waals surface area contributed by atoms with Crippen LogP contribution < -0.4 is 10.6 Å². The number of carbonyl (C=O) groups excluding carboxylic acids is 3. The number of amides is 2. The maximum absolute atomic E-state index is 11.7. The molecule has 0 bridgehead atoms. The van der Waals surface area contributed by atoms with E-state index in [1.54, 1.807) is 24.3 Å². The standard InChI is InChI=1S/C17H22N2O4/c1-11(14-5-6-14)18-16(21)10-23-17(22)9-13-3-7-15(8-4-13)19-12(2)20/h3-4,7-8,11,14H,5-6,9-10H2,1-2H3,(H,18,21)(H,19,20)/t11-/m0/s1. The molecule has 0 aliphatic heterocycles. The molecular weight excluding hydrogens is 296 g/mol. The summed E-state index contributed by atoms with van der Waals surface area (Å²) in [5.41, 5.74) is 1.43. The van der Waals surface area contributed by atoms with Crippen LogP contribution in [0.15, 0.2) is 24.3 Å². The molecule has 2 N–H and O–H groups in total. The fourth-order valence-corrected chi connectivity index (χ4v) is 2.28. The van der Waals surface area contributed by atoms with Crippen molar-refractivity contribution in [3.63, 3.8) is 0 Å². The molecule has 2 amide bonds. The van der Waals surface area contributed by atoms with Gasteiger partial charge < -0.3 is 15.4 Å². The quantitative estimate of drug-likeness (QED) is 0.749. The van der Waals surface area contributed by atoms with Crippen LogP contribution in [0.2, 0.25) is 0 Å². The molecule has 1 aromatic rings. The molecule has 6 heteroatoms. The highest BCUT2D eigenvalue weighted by Gasteiger charge is 2.28. The number of rotatable bonds is 7. The van der Waals surface area contributed by atoms with Gasteiger partial charge in [-0.25, -0.2) is 0 Å². The molecule has 1 fully saturated rings. The van der Waals surface area contributed by atoms with Gasteiger partial charge in [-0.2, -0.15) is 0 Å². The van der Waals surface area contributed by atoms with Crippen molar-refractivity contribution in [3.8, 4) is 0 Å². The first-order chi connectivity index (χ1) is 10.9. The lowest BCUT2D eigenvalue weighted by Crippen LogP contribution is -2.37. The summed E-state index contributed by atoms with van der Waals surface area (Å²) in [6.45, 7) is 3.15. The van der Waals surface area contributed by atoms with E-state index < -0.39 is 5.97 Å². The van der Waals surface area contributed by atoms with Crippen molar-refractivity contribution >= 4 is 23.5 Å². The van der Waals surface area contributed by atoms with Gasteiger partial charge >= 0.3 is 5.97 Å². The van der Waals surface area contributed by atoms with Gasteiger partial charge in [-0.15, -0.1) is 0 Å². The van der Waals surface area contributed by atoms with Crippen LogP contribution in [0.3, 0.4) is 0 Å². The van der Waals surface area contributed by atoms with Crippen molar-refractivity contribution in [2.24, 2.45) is 5.92 Å². The van der Waals surface area contributed by atoms with E-state index in [4.69, 9.17) is 4.74 Å². The summed E-state index contributed by atoms with van der Waals surface area (Å²) in [4.78, 5) is 34.3. The molecule has 0 aromatic heterocycles. The van der Waals surface area contributed by atoms with Gasteiger partial charge in [0.25, 0.3) is 5.91 Å². The minimum Gasteiger partial charge on any atom is -0.455 e. The smallest absolute Gasteiger partial charge is 0.310 e. The predicted octanol–water partition coefficient (Wildman–Crippen LogP) is 1.65. The number of esters is 1. The Kier molecular flexibility index (Phi) is 5.73. The van der Waals surface area contributed by atoms with Crippen molar-refractivity contribution in [2.45, 2.75) is 39.2 Å². The Morgan fingerprint density at radius 2 is 1.87 bits per heavy atom. The zero-order valence-electron chi connectivity index (χ0n) is 13.4. The van der Waals surface area contributed by atoms with Gasteiger partial charge in [-0.1, -0.05) is 12.1 Å². The third kappa shape index (κ3) is 6.10. The van der Waals surface area contributed by atoms with Gasteiger partial charge in [0.2, 0.25) is 5.91 Å². The molecule has 1 aliphatic rings. The summed E-state index contributed by atoms with van der Waals surface area (Å²) in [5.74, 6) is -0.300. The lowest BCUT2D eigenvalue weighted by molar-refractivity contribution is -0.148. The fraction of sp³-hybridized carbons (Fsp3) is 0.471. The van der Waals surface area contributed by atoms with Crippen molar-refractivity contribution in [1.29, 1.82) is 0 Å². The van der Waals surface area contributed by atoms with Crippen LogP contribution in [-0.2, 0) is 25.5 Å². The molecular formula is C17H22N2O4. The summed E-state index contributed by atoms with van der Waals surface area (Å²) in [7, 11) is 0. The number of anilines is 1. The normalized spacial score (nSPS) is 14.7. The largest absolute Gasteiger partial charge is 0.455 e. The fourth-order valence-electron chi connectivity index (χ4n) is 2.28. The summed E-state index contributed by atoms with van der Waals surface area (Å²) in [6, 6.07) is 7.05. The van der Waals surface area contributed by atoms with E-state index in [0.29, 0.717) is 11.6 Å². The van der Waals surface area contributed by atoms with Gasteiger partial charge in [-0.05, 0) is 43.4 Å². The van der Waals surface area contributed by atoms with Crippen molar-refractivity contribution < 1.29 is 19.1 Å². The van der Waals surface area contributed by atoms with E-state index in [2.05, 4.69) is 10.6 Å². The summed E-state index contributed by atoms with van der Waals surface area (Å²) < 4.78 is 4.98. The molecule has 0 spiro atoms. The molecule has 0 radical (unpaired) electrons. The second-order valence-corrected chi connectivity index (χ2v) is 5.91. The molecule has 124 valence electrons. The summed E-state index contributed by atoms with van der Waals surface area (Å²) in [5, 5.41) is 5.48. The maximum atomic E-state index is 11.7. The first-order valence-electron chi connectivity index (χ1n) is 7.75. The number of hydrogen-bond acceptors (Lipinski definition) is 4. The number of nitrogens with one attached hydrogen (secondary N) is 2. The minimum absolute atomic E-state index is 0.0891. The van der Waals surface area contributed by atoms with Crippen LogP contribution in [0.4, 0.5) is 5.69 Å². The zero-order valence-corrected chi connectivity index (χ0v) is 13.4. The molecule has 1 atom stereocenters. The highest BCUT2D eigenvalue weighted by atomic mass is 16.5. The third-order valence-corrected chi connectivity index (χ3v) is 3.70. The number of benzene rings is 1. The van der Waals surface area contributed by atoms with Crippen LogP contribution in [0.5, 0.6) is 0 Å². The van der Waals surface area contributed by atoms with Gasteiger partial charge in [-0.3, -0.25) is 14.4 Å². The topological polar surface area (TPSA) is 84.5 Å². The molecule has 0 unspecified atom stereocenters. The maximum Gasteiger partial charge on any atom is 0.310 e. The highest BCUT2D eigenvalue weighted by molar-refractivity contribution is 5.88. The third-order valence-electron chi connectivity index (χ3n) is 3.70. The number of hydrogen-bond donors (Lipinski definition) is 2. The average molecular weight is 318 g/mol. The van der Waals surface area contributed by atoms with Crippen LogP contribution in [0.1, 0.15) is 32.3 Å².